The van der Waals surface area contributed by atoms with Crippen molar-refractivity contribution in [2.45, 2.75) is 13.3 Å². The fourth-order valence-electron chi connectivity index (χ4n) is 2.78. The van der Waals surface area contributed by atoms with E-state index < -0.39 is 0 Å². The van der Waals surface area contributed by atoms with E-state index in [1.165, 1.54) is 5.56 Å². The molecule has 2 aromatic rings. The zero-order valence-corrected chi connectivity index (χ0v) is 14.3. The van der Waals surface area contributed by atoms with Crippen LogP contribution in [0.1, 0.15) is 21.5 Å². The highest BCUT2D eigenvalue weighted by Crippen LogP contribution is 2.30. The third-order valence-corrected chi connectivity index (χ3v) is 4.26. The van der Waals surface area contributed by atoms with E-state index in [-0.39, 0.29) is 18.4 Å². The highest BCUT2D eigenvalue weighted by molar-refractivity contribution is 5.94. The van der Waals surface area contributed by atoms with Crippen LogP contribution in [0.15, 0.2) is 42.5 Å². The molecule has 0 aliphatic carbocycles. The van der Waals surface area contributed by atoms with Crippen molar-refractivity contribution in [3.63, 3.8) is 0 Å². The summed E-state index contributed by atoms with van der Waals surface area (Å²) < 4.78 is 11.0. The predicted octanol–water partition coefficient (Wildman–Crippen LogP) is 2.35. The van der Waals surface area contributed by atoms with Crippen LogP contribution >= 0.6 is 0 Å². The molecule has 25 heavy (non-hydrogen) atoms. The topological polar surface area (TPSA) is 67.8 Å². The Morgan fingerprint density at radius 2 is 1.84 bits per heavy atom. The standard InChI is InChI=1S/C20H23NO4/c1-14-2-4-15(5-3-14)10-16(13-22)12-21-20(23)17-6-7-18-19(11-17)25-9-8-24-18/h2-7,11,16,22H,8-10,12-13H2,1H3,(H,21,23)/t16-/m1/s1. The van der Waals surface area contributed by atoms with Gasteiger partial charge in [-0.05, 0) is 37.1 Å². The molecule has 0 spiro atoms. The average Bonchev–Trinajstić information content (AvgIpc) is 2.66. The van der Waals surface area contributed by atoms with Gasteiger partial charge < -0.3 is 19.9 Å². The molecule has 0 unspecified atom stereocenters. The molecule has 2 aromatic carbocycles. The van der Waals surface area contributed by atoms with Gasteiger partial charge in [0.15, 0.2) is 11.5 Å². The lowest BCUT2D eigenvalue weighted by atomic mass is 9.99. The first kappa shape index (κ1) is 17.3. The third kappa shape index (κ3) is 4.51. The van der Waals surface area contributed by atoms with Crippen LogP contribution in [0.4, 0.5) is 0 Å². The van der Waals surface area contributed by atoms with Crippen molar-refractivity contribution >= 4 is 5.91 Å². The van der Waals surface area contributed by atoms with E-state index in [0.29, 0.717) is 36.8 Å². The SMILES string of the molecule is Cc1ccc(C[C@@H](CO)CNC(=O)c2ccc3c(c2)OCCO3)cc1. The molecule has 1 amide bonds. The van der Waals surface area contributed by atoms with Crippen molar-refractivity contribution in [1.82, 2.24) is 5.32 Å². The lowest BCUT2D eigenvalue weighted by Crippen LogP contribution is -2.32. The molecule has 1 aliphatic rings. The minimum Gasteiger partial charge on any atom is -0.486 e. The monoisotopic (exact) mass is 341 g/mol. The van der Waals surface area contributed by atoms with Gasteiger partial charge in [0.1, 0.15) is 13.2 Å². The average molecular weight is 341 g/mol. The fraction of sp³-hybridized carbons (Fsp3) is 0.350. The molecule has 1 heterocycles. The zero-order chi connectivity index (χ0) is 17.6. The number of rotatable bonds is 6. The summed E-state index contributed by atoms with van der Waals surface area (Å²) in [7, 11) is 0. The zero-order valence-electron chi connectivity index (χ0n) is 14.3. The predicted molar refractivity (Wildman–Crippen MR) is 95.2 cm³/mol. The van der Waals surface area contributed by atoms with E-state index in [0.717, 1.165) is 12.0 Å². The number of nitrogens with one attached hydrogen (secondary N) is 1. The van der Waals surface area contributed by atoms with Crippen molar-refractivity contribution in [3.8, 4) is 11.5 Å². The van der Waals surface area contributed by atoms with E-state index in [4.69, 9.17) is 9.47 Å². The minimum atomic E-state index is -0.181. The largest absolute Gasteiger partial charge is 0.486 e. The van der Waals surface area contributed by atoms with Crippen molar-refractivity contribution in [2.75, 3.05) is 26.4 Å². The van der Waals surface area contributed by atoms with Crippen molar-refractivity contribution in [2.24, 2.45) is 5.92 Å². The maximum Gasteiger partial charge on any atom is 0.251 e. The van der Waals surface area contributed by atoms with Gasteiger partial charge in [-0.3, -0.25) is 4.79 Å². The summed E-state index contributed by atoms with van der Waals surface area (Å²) in [5.41, 5.74) is 2.88. The van der Waals surface area contributed by atoms with Crippen LogP contribution in [0.5, 0.6) is 11.5 Å². The van der Waals surface area contributed by atoms with Gasteiger partial charge in [0.2, 0.25) is 0 Å². The summed E-state index contributed by atoms with van der Waals surface area (Å²) >= 11 is 0. The second-order valence-corrected chi connectivity index (χ2v) is 6.31. The van der Waals surface area contributed by atoms with Crippen LogP contribution in [0, 0.1) is 12.8 Å². The molecule has 1 atom stereocenters. The Morgan fingerprint density at radius 3 is 2.56 bits per heavy atom. The smallest absolute Gasteiger partial charge is 0.251 e. The van der Waals surface area contributed by atoms with Gasteiger partial charge in [0.25, 0.3) is 5.91 Å². The Hall–Kier alpha value is -2.53. The molecule has 1 aliphatic heterocycles. The van der Waals surface area contributed by atoms with Gasteiger partial charge in [0, 0.05) is 24.6 Å². The highest BCUT2D eigenvalue weighted by atomic mass is 16.6. The van der Waals surface area contributed by atoms with Crippen molar-refractivity contribution in [1.29, 1.82) is 0 Å². The van der Waals surface area contributed by atoms with Crippen LogP contribution in [-0.2, 0) is 6.42 Å². The third-order valence-electron chi connectivity index (χ3n) is 4.26. The first-order chi connectivity index (χ1) is 12.2. The molecular weight excluding hydrogens is 318 g/mol. The summed E-state index contributed by atoms with van der Waals surface area (Å²) in [5.74, 6) is 1.05. The number of ether oxygens (including phenoxy) is 2. The minimum absolute atomic E-state index is 0.0231. The maximum absolute atomic E-state index is 12.4. The van der Waals surface area contributed by atoms with Gasteiger partial charge in [0.05, 0.1) is 0 Å². The van der Waals surface area contributed by atoms with Gasteiger partial charge in [-0.2, -0.15) is 0 Å². The van der Waals surface area contributed by atoms with Gasteiger partial charge in [-0.25, -0.2) is 0 Å². The molecule has 5 nitrogen and oxygen atoms in total. The first-order valence-corrected chi connectivity index (χ1v) is 8.50. The van der Waals surface area contributed by atoms with Crippen LogP contribution in [0.3, 0.4) is 0 Å². The summed E-state index contributed by atoms with van der Waals surface area (Å²) in [6, 6.07) is 13.4. The number of aryl methyl sites for hydroxylation is 1. The number of amides is 1. The second kappa shape index (κ2) is 8.03. The number of hydrogen-bond acceptors (Lipinski definition) is 4. The molecule has 0 bridgehead atoms. The summed E-state index contributed by atoms with van der Waals surface area (Å²) in [5, 5.41) is 12.5. The molecule has 0 saturated carbocycles. The Labute approximate surface area is 147 Å². The lowest BCUT2D eigenvalue weighted by molar-refractivity contribution is 0.0938. The quantitative estimate of drug-likeness (QED) is 0.846. The van der Waals surface area contributed by atoms with E-state index in [2.05, 4.69) is 29.6 Å². The highest BCUT2D eigenvalue weighted by Gasteiger charge is 2.16. The van der Waals surface area contributed by atoms with Gasteiger partial charge in [-0.1, -0.05) is 29.8 Å². The maximum atomic E-state index is 12.4. The Kier molecular flexibility index (Phi) is 5.56. The second-order valence-electron chi connectivity index (χ2n) is 6.31. The number of fused-ring (bicyclic) bond motifs is 1. The van der Waals surface area contributed by atoms with Crippen LogP contribution in [0.25, 0.3) is 0 Å². The molecular formula is C20H23NO4. The van der Waals surface area contributed by atoms with Crippen molar-refractivity contribution < 1.29 is 19.4 Å². The lowest BCUT2D eigenvalue weighted by Gasteiger charge is -2.19. The fourth-order valence-corrected chi connectivity index (χ4v) is 2.78. The molecule has 0 fully saturated rings. The number of benzene rings is 2. The van der Waals surface area contributed by atoms with E-state index in [9.17, 15) is 9.90 Å². The number of aliphatic hydroxyl groups excluding tert-OH is 1. The molecule has 3 rings (SSSR count). The van der Waals surface area contributed by atoms with Crippen LogP contribution in [-0.4, -0.2) is 37.4 Å². The Morgan fingerprint density at radius 1 is 1.12 bits per heavy atom. The molecule has 5 heteroatoms. The number of hydrogen-bond donors (Lipinski definition) is 2. The van der Waals surface area contributed by atoms with Gasteiger partial charge in [-0.15, -0.1) is 0 Å². The summed E-state index contributed by atoms with van der Waals surface area (Å²) in [6.07, 6.45) is 0.720. The molecule has 0 saturated heterocycles. The summed E-state index contributed by atoms with van der Waals surface area (Å²) in [4.78, 5) is 12.4. The van der Waals surface area contributed by atoms with Gasteiger partial charge >= 0.3 is 0 Å². The molecule has 132 valence electrons. The first-order valence-electron chi connectivity index (χ1n) is 8.50. The number of carbonyl (C=O) groups is 1. The summed E-state index contributed by atoms with van der Waals surface area (Å²) in [6.45, 7) is 3.49. The molecule has 0 radical (unpaired) electrons. The van der Waals surface area contributed by atoms with Crippen molar-refractivity contribution in [3.05, 3.63) is 59.2 Å². The van der Waals surface area contributed by atoms with E-state index in [1.54, 1.807) is 18.2 Å². The Balaban J connectivity index is 1.57. The van der Waals surface area contributed by atoms with Crippen LogP contribution < -0.4 is 14.8 Å². The number of carbonyl (C=O) groups excluding carboxylic acids is 1. The van der Waals surface area contributed by atoms with E-state index >= 15 is 0 Å². The Bertz CT molecular complexity index is 727. The van der Waals surface area contributed by atoms with E-state index in [1.807, 2.05) is 6.92 Å². The number of aliphatic hydroxyl groups is 1. The normalized spacial score (nSPS) is 14.0. The molecule has 0 aromatic heterocycles. The van der Waals surface area contributed by atoms with Crippen LogP contribution in [0.2, 0.25) is 0 Å². The molecule has 2 N–H and O–H groups in total.